The molecule has 0 aliphatic carbocycles. The Hall–Kier alpha value is -2.60. The van der Waals surface area contributed by atoms with E-state index in [0.29, 0.717) is 24.7 Å². The molecule has 1 aromatic heterocycles. The molecule has 6 heteroatoms. The van der Waals surface area contributed by atoms with Gasteiger partial charge >= 0.3 is 0 Å². The van der Waals surface area contributed by atoms with Crippen molar-refractivity contribution < 1.29 is 14.3 Å². The van der Waals surface area contributed by atoms with Crippen molar-refractivity contribution in [2.75, 3.05) is 25.7 Å². The smallest absolute Gasteiger partial charge is 0.244 e. The van der Waals surface area contributed by atoms with Gasteiger partial charge < -0.3 is 19.7 Å². The molecule has 1 aliphatic rings. The number of benzene rings is 1. The Morgan fingerprint density at radius 1 is 1.17 bits per heavy atom. The number of aromatic nitrogens is 1. The van der Waals surface area contributed by atoms with Gasteiger partial charge in [-0.2, -0.15) is 0 Å². The molecule has 1 fully saturated rings. The minimum Gasteiger partial charge on any atom is -0.495 e. The quantitative estimate of drug-likeness (QED) is 0.879. The fourth-order valence-electron chi connectivity index (χ4n) is 2.86. The average molecular weight is 327 g/mol. The molecule has 0 saturated carbocycles. The molecule has 24 heavy (non-hydrogen) atoms. The van der Waals surface area contributed by atoms with Crippen molar-refractivity contribution in [3.8, 4) is 11.6 Å². The Labute approximate surface area is 141 Å². The van der Waals surface area contributed by atoms with Crippen LogP contribution in [-0.4, -0.2) is 37.7 Å². The lowest BCUT2D eigenvalue weighted by atomic mass is 10.2. The number of nitrogens with zero attached hydrogens (tertiary/aromatic N) is 2. The van der Waals surface area contributed by atoms with Crippen molar-refractivity contribution in [3.05, 3.63) is 48.2 Å². The number of methoxy groups -OCH3 is 2. The van der Waals surface area contributed by atoms with Crippen molar-refractivity contribution in [2.24, 2.45) is 0 Å². The number of rotatable bonds is 6. The van der Waals surface area contributed by atoms with E-state index < -0.39 is 0 Å². The molecule has 1 aliphatic heterocycles. The molecular formula is C18H21N3O3. The second-order valence-corrected chi connectivity index (χ2v) is 5.56. The van der Waals surface area contributed by atoms with Gasteiger partial charge in [0.05, 0.1) is 31.6 Å². The van der Waals surface area contributed by atoms with E-state index in [4.69, 9.17) is 9.47 Å². The van der Waals surface area contributed by atoms with Crippen LogP contribution in [0.2, 0.25) is 0 Å². The summed E-state index contributed by atoms with van der Waals surface area (Å²) in [6.45, 7) is 1.19. The summed E-state index contributed by atoms with van der Waals surface area (Å²) in [5.74, 6) is 1.34. The second kappa shape index (κ2) is 7.31. The van der Waals surface area contributed by atoms with Crippen LogP contribution in [0.4, 0.5) is 5.69 Å². The molecule has 3 rings (SSSR count). The zero-order valence-electron chi connectivity index (χ0n) is 13.9. The van der Waals surface area contributed by atoms with Crippen LogP contribution in [-0.2, 0) is 11.3 Å². The van der Waals surface area contributed by atoms with Gasteiger partial charge in [0.1, 0.15) is 5.75 Å². The maximum atomic E-state index is 12.7. The fourth-order valence-corrected chi connectivity index (χ4v) is 2.86. The Balaban J connectivity index is 1.66. The Bertz CT molecular complexity index is 720. The molecule has 1 aromatic carbocycles. The molecule has 1 amide bonds. The summed E-state index contributed by atoms with van der Waals surface area (Å²) < 4.78 is 10.5. The molecule has 1 N–H and O–H groups in total. The normalized spacial score (nSPS) is 17.2. The number of anilines is 1. The summed E-state index contributed by atoms with van der Waals surface area (Å²) in [7, 11) is 3.20. The third-order valence-corrected chi connectivity index (χ3v) is 4.10. The molecule has 126 valence electrons. The lowest BCUT2D eigenvalue weighted by Crippen LogP contribution is -2.38. The molecule has 0 bridgehead atoms. The van der Waals surface area contributed by atoms with Gasteiger partial charge in [-0.05, 0) is 24.6 Å². The number of carbonyl (C=O) groups is 1. The number of amides is 1. The van der Waals surface area contributed by atoms with E-state index in [1.54, 1.807) is 25.2 Å². The molecule has 2 aromatic rings. The van der Waals surface area contributed by atoms with Crippen molar-refractivity contribution >= 4 is 11.6 Å². The second-order valence-electron chi connectivity index (χ2n) is 5.56. The summed E-state index contributed by atoms with van der Waals surface area (Å²) in [5, 5.41) is 3.29. The summed E-state index contributed by atoms with van der Waals surface area (Å²) in [6.07, 6.45) is 0.751. The summed E-state index contributed by atoms with van der Waals surface area (Å²) >= 11 is 0. The van der Waals surface area contributed by atoms with Crippen molar-refractivity contribution in [2.45, 2.75) is 19.0 Å². The van der Waals surface area contributed by atoms with Gasteiger partial charge in [0, 0.05) is 19.2 Å². The third kappa shape index (κ3) is 3.33. The maximum Gasteiger partial charge on any atom is 0.244 e. The minimum absolute atomic E-state index is 0.0578. The fraction of sp³-hybridized carbons (Fsp3) is 0.333. The van der Waals surface area contributed by atoms with Crippen LogP contribution in [0.15, 0.2) is 42.5 Å². The molecule has 0 spiro atoms. The van der Waals surface area contributed by atoms with Gasteiger partial charge in [-0.1, -0.05) is 18.2 Å². The number of pyridine rings is 1. The predicted octanol–water partition coefficient (Wildman–Crippen LogP) is 1.99. The molecular weight excluding hydrogens is 306 g/mol. The zero-order chi connectivity index (χ0) is 16.9. The van der Waals surface area contributed by atoms with Gasteiger partial charge in [-0.3, -0.25) is 4.79 Å². The van der Waals surface area contributed by atoms with Crippen LogP contribution in [0.1, 0.15) is 12.1 Å². The predicted molar refractivity (Wildman–Crippen MR) is 91.4 cm³/mol. The van der Waals surface area contributed by atoms with Crippen molar-refractivity contribution in [1.29, 1.82) is 0 Å². The Morgan fingerprint density at radius 3 is 2.79 bits per heavy atom. The molecule has 1 saturated heterocycles. The van der Waals surface area contributed by atoms with Crippen LogP contribution in [0.25, 0.3) is 0 Å². The van der Waals surface area contributed by atoms with E-state index in [1.165, 1.54) is 0 Å². The highest BCUT2D eigenvalue weighted by molar-refractivity contribution is 6.00. The largest absolute Gasteiger partial charge is 0.495 e. The van der Waals surface area contributed by atoms with E-state index in [9.17, 15) is 4.79 Å². The van der Waals surface area contributed by atoms with Crippen LogP contribution in [0, 0.1) is 0 Å². The zero-order valence-corrected chi connectivity index (χ0v) is 13.9. The molecule has 6 nitrogen and oxygen atoms in total. The molecule has 2 heterocycles. The van der Waals surface area contributed by atoms with Crippen molar-refractivity contribution in [1.82, 2.24) is 10.3 Å². The van der Waals surface area contributed by atoms with Gasteiger partial charge in [-0.25, -0.2) is 4.98 Å². The first-order valence-electron chi connectivity index (χ1n) is 7.90. The highest BCUT2D eigenvalue weighted by Crippen LogP contribution is 2.31. The lowest BCUT2D eigenvalue weighted by Gasteiger charge is -2.19. The van der Waals surface area contributed by atoms with Gasteiger partial charge in [0.2, 0.25) is 11.8 Å². The van der Waals surface area contributed by atoms with E-state index in [0.717, 1.165) is 17.8 Å². The van der Waals surface area contributed by atoms with E-state index in [-0.39, 0.29) is 11.9 Å². The Morgan fingerprint density at radius 2 is 2.00 bits per heavy atom. The first-order chi connectivity index (χ1) is 11.7. The highest BCUT2D eigenvalue weighted by atomic mass is 16.5. The first kappa shape index (κ1) is 16.3. The minimum atomic E-state index is -0.220. The van der Waals surface area contributed by atoms with E-state index in [1.807, 2.05) is 36.4 Å². The maximum absolute atomic E-state index is 12.7. The number of para-hydroxylation sites is 2. The van der Waals surface area contributed by atoms with Gasteiger partial charge in [0.15, 0.2) is 0 Å². The molecule has 0 radical (unpaired) electrons. The number of ether oxygens (including phenoxy) is 2. The van der Waals surface area contributed by atoms with Crippen LogP contribution >= 0.6 is 0 Å². The first-order valence-corrected chi connectivity index (χ1v) is 7.90. The van der Waals surface area contributed by atoms with Crippen LogP contribution in [0.5, 0.6) is 11.6 Å². The number of nitrogens with one attached hydrogen (secondary N) is 1. The summed E-state index contributed by atoms with van der Waals surface area (Å²) in [4.78, 5) is 18.8. The number of carbonyl (C=O) groups excluding carboxylic acids is 1. The lowest BCUT2D eigenvalue weighted by molar-refractivity contribution is -0.118. The average Bonchev–Trinajstić information content (AvgIpc) is 3.00. The molecule has 1 unspecified atom stereocenters. The standard InChI is InChI=1S/C18H21N3O3/c1-23-16-8-4-3-7-15(16)21-11-10-14(18(21)22)19-12-13-6-5-9-17(20-13)24-2/h3-9,14,19H,10-12H2,1-2H3. The monoisotopic (exact) mass is 327 g/mol. The summed E-state index contributed by atoms with van der Waals surface area (Å²) in [5.41, 5.74) is 1.66. The van der Waals surface area contributed by atoms with Gasteiger partial charge in [-0.15, -0.1) is 0 Å². The number of hydrogen-bond acceptors (Lipinski definition) is 5. The topological polar surface area (TPSA) is 63.7 Å². The molecule has 1 atom stereocenters. The third-order valence-electron chi connectivity index (χ3n) is 4.10. The van der Waals surface area contributed by atoms with Gasteiger partial charge in [0.25, 0.3) is 0 Å². The summed E-state index contributed by atoms with van der Waals surface area (Å²) in [6, 6.07) is 13.0. The highest BCUT2D eigenvalue weighted by Gasteiger charge is 2.33. The Kier molecular flexibility index (Phi) is 4.96. The van der Waals surface area contributed by atoms with E-state index in [2.05, 4.69) is 10.3 Å². The SMILES string of the molecule is COc1cccc(CNC2CCN(c3ccccc3OC)C2=O)n1. The number of hydrogen-bond donors (Lipinski definition) is 1. The van der Waals surface area contributed by atoms with E-state index >= 15 is 0 Å². The van der Waals surface area contributed by atoms with Crippen LogP contribution in [0.3, 0.4) is 0 Å². The van der Waals surface area contributed by atoms with Crippen LogP contribution < -0.4 is 19.7 Å². The van der Waals surface area contributed by atoms with Crippen molar-refractivity contribution in [3.63, 3.8) is 0 Å².